The third-order valence-electron chi connectivity index (χ3n) is 8.88. The van der Waals surface area contributed by atoms with Crippen molar-refractivity contribution in [3.05, 3.63) is 89.0 Å². The minimum atomic E-state index is -1.36. The van der Waals surface area contributed by atoms with Gasteiger partial charge in [-0.1, -0.05) is 12.1 Å². The highest BCUT2D eigenvalue weighted by Gasteiger charge is 2.44. The molecule has 3 aliphatic rings. The predicted octanol–water partition coefficient (Wildman–Crippen LogP) is 6.27. The number of carbonyl (C=O) groups is 3. The van der Waals surface area contributed by atoms with Gasteiger partial charge in [0.15, 0.2) is 5.78 Å². The first-order valence-electron chi connectivity index (χ1n) is 14.4. The van der Waals surface area contributed by atoms with Crippen molar-refractivity contribution in [3.8, 4) is 22.6 Å². The number of halogens is 1. The van der Waals surface area contributed by atoms with Gasteiger partial charge in [0, 0.05) is 54.4 Å². The lowest BCUT2D eigenvalue weighted by Crippen LogP contribution is -2.52. The fourth-order valence-electron chi connectivity index (χ4n) is 6.37. The third-order valence-corrected chi connectivity index (χ3v) is 8.88. The van der Waals surface area contributed by atoms with Gasteiger partial charge in [0.25, 0.3) is 5.91 Å². The number of hydrogen-bond donors (Lipinski definition) is 1. The summed E-state index contributed by atoms with van der Waals surface area (Å²) >= 11 is 0. The van der Waals surface area contributed by atoms with Crippen molar-refractivity contribution in [2.75, 3.05) is 20.2 Å². The fraction of sp³-hybridized carbons (Fsp3) is 0.294. The van der Waals surface area contributed by atoms with E-state index in [1.165, 1.54) is 12.1 Å². The number of ketones is 1. The molecular weight excluding hydrogens is 551 g/mol. The van der Waals surface area contributed by atoms with Crippen LogP contribution in [-0.2, 0) is 0 Å². The van der Waals surface area contributed by atoms with Crippen molar-refractivity contribution >= 4 is 28.4 Å². The van der Waals surface area contributed by atoms with Gasteiger partial charge in [0.2, 0.25) is 0 Å². The number of methoxy groups -OCH3 is 1. The molecular formula is C34H29FN2O6. The van der Waals surface area contributed by atoms with Crippen LogP contribution in [0.5, 0.6) is 11.5 Å². The zero-order valence-corrected chi connectivity index (χ0v) is 23.6. The Morgan fingerprint density at radius 3 is 2.49 bits per heavy atom. The molecule has 0 bridgehead atoms. The largest absolute Gasteiger partial charge is 0.496 e. The van der Waals surface area contributed by atoms with Crippen molar-refractivity contribution < 1.29 is 33.4 Å². The van der Waals surface area contributed by atoms with Crippen LogP contribution >= 0.6 is 0 Å². The molecule has 0 radical (unpaired) electrons. The Kier molecular flexibility index (Phi) is 6.41. The number of aromatic carboxylic acids is 1. The van der Waals surface area contributed by atoms with Crippen molar-refractivity contribution in [3.63, 3.8) is 0 Å². The lowest BCUT2D eigenvalue weighted by molar-refractivity contribution is -0.00572. The monoisotopic (exact) mass is 580 g/mol. The maximum absolute atomic E-state index is 13.9. The van der Waals surface area contributed by atoms with E-state index in [1.54, 1.807) is 42.5 Å². The van der Waals surface area contributed by atoms with Gasteiger partial charge in [-0.2, -0.15) is 0 Å². The molecule has 1 saturated heterocycles. The summed E-state index contributed by atoms with van der Waals surface area (Å²) in [6, 6.07) is 14.6. The average molecular weight is 581 g/mol. The van der Waals surface area contributed by atoms with Gasteiger partial charge in [-0.25, -0.2) is 9.18 Å². The van der Waals surface area contributed by atoms with Crippen LogP contribution in [0.25, 0.3) is 21.9 Å². The van der Waals surface area contributed by atoms with Gasteiger partial charge >= 0.3 is 5.97 Å². The lowest BCUT2D eigenvalue weighted by Gasteiger charge is -2.44. The highest BCUT2D eigenvalue weighted by Crippen LogP contribution is 2.44. The van der Waals surface area contributed by atoms with Crippen LogP contribution in [0.4, 0.5) is 4.39 Å². The number of likely N-dealkylation sites (tertiary alicyclic amines) is 1. The first-order chi connectivity index (χ1) is 20.7. The van der Waals surface area contributed by atoms with E-state index < -0.39 is 23.0 Å². The topological polar surface area (TPSA) is 106 Å². The second kappa shape index (κ2) is 10.2. The number of hydrogen-bond acceptors (Lipinski definition) is 6. The molecule has 7 rings (SSSR count). The van der Waals surface area contributed by atoms with Gasteiger partial charge in [-0.15, -0.1) is 0 Å². The number of aromatic nitrogens is 1. The number of nitrogens with zero attached hydrogens (tertiary/aromatic N) is 2. The molecule has 0 atom stereocenters. The van der Waals surface area contributed by atoms with Crippen LogP contribution in [0.3, 0.4) is 0 Å². The molecule has 4 aromatic rings. The number of benzene rings is 3. The summed E-state index contributed by atoms with van der Waals surface area (Å²) in [6.45, 7) is 0.881. The molecule has 8 nitrogen and oxygen atoms in total. The summed E-state index contributed by atoms with van der Waals surface area (Å²) in [5, 5.41) is 11.2. The number of carboxylic acids is 1. The smallest absolute Gasteiger partial charge is 0.338 e. The molecule has 218 valence electrons. The molecule has 1 saturated carbocycles. The van der Waals surface area contributed by atoms with E-state index in [1.807, 2.05) is 12.1 Å². The summed E-state index contributed by atoms with van der Waals surface area (Å²) in [5.41, 5.74) is 1.93. The van der Waals surface area contributed by atoms with E-state index in [-0.39, 0.29) is 18.1 Å². The zero-order chi connectivity index (χ0) is 29.9. The van der Waals surface area contributed by atoms with Crippen LogP contribution in [0, 0.1) is 5.82 Å². The van der Waals surface area contributed by atoms with E-state index in [0.29, 0.717) is 65.6 Å². The number of amides is 1. The predicted molar refractivity (Wildman–Crippen MR) is 157 cm³/mol. The molecule has 2 aliphatic heterocycles. The Balaban J connectivity index is 1.10. The van der Waals surface area contributed by atoms with Crippen molar-refractivity contribution in [2.45, 2.75) is 43.6 Å². The molecule has 1 aromatic heterocycles. The maximum atomic E-state index is 13.9. The fourth-order valence-corrected chi connectivity index (χ4v) is 6.37. The molecule has 0 unspecified atom stereocenters. The van der Waals surface area contributed by atoms with E-state index in [2.05, 4.69) is 4.98 Å². The Bertz CT molecular complexity index is 1820. The van der Waals surface area contributed by atoms with Gasteiger partial charge < -0.3 is 19.5 Å². The standard InChI is InChI=1S/C34H29FN2O6/c1-42-30-17-22(16-24-23(30)8-11-36-31(24)19-2-3-19)32(39)37-12-9-34(10-13-37)18-28(38)26-15-21(5-7-29(26)43-34)20-4-6-27(35)25(14-20)33(40)41/h4-8,11,14-17,19H,2-3,9-10,12-13,18H2,1H3,(H,40,41). The number of carbonyl (C=O) groups excluding carboxylic acids is 2. The molecule has 43 heavy (non-hydrogen) atoms. The summed E-state index contributed by atoms with van der Waals surface area (Å²) < 4.78 is 26.0. The van der Waals surface area contributed by atoms with Gasteiger partial charge in [-0.05, 0) is 66.4 Å². The molecule has 3 aromatic carbocycles. The molecule has 2 fully saturated rings. The second-order valence-electron chi connectivity index (χ2n) is 11.6. The Hall–Kier alpha value is -4.79. The van der Waals surface area contributed by atoms with Crippen LogP contribution in [-0.4, -0.2) is 58.5 Å². The zero-order valence-electron chi connectivity index (χ0n) is 23.6. The number of ether oxygens (including phenoxy) is 2. The Labute approximate surface area is 247 Å². The average Bonchev–Trinajstić information content (AvgIpc) is 3.86. The Morgan fingerprint density at radius 2 is 1.77 bits per heavy atom. The second-order valence-corrected chi connectivity index (χ2v) is 11.6. The highest BCUT2D eigenvalue weighted by atomic mass is 19.1. The Morgan fingerprint density at radius 1 is 1.02 bits per heavy atom. The number of carboxylic acid groups (broad SMARTS) is 1. The van der Waals surface area contributed by atoms with Gasteiger partial charge in [-0.3, -0.25) is 14.6 Å². The maximum Gasteiger partial charge on any atom is 0.338 e. The van der Waals surface area contributed by atoms with Crippen LogP contribution < -0.4 is 9.47 Å². The number of rotatable bonds is 5. The molecule has 3 heterocycles. The number of fused-ring (bicyclic) bond motifs is 2. The normalized spacial score (nSPS) is 17.4. The molecule has 1 spiro atoms. The first-order valence-corrected chi connectivity index (χ1v) is 14.4. The van der Waals surface area contributed by atoms with E-state index >= 15 is 0 Å². The number of pyridine rings is 1. The van der Waals surface area contributed by atoms with Gasteiger partial charge in [0.1, 0.15) is 22.9 Å². The highest BCUT2D eigenvalue weighted by molar-refractivity contribution is 6.03. The van der Waals surface area contributed by atoms with Crippen LogP contribution in [0.15, 0.2) is 60.8 Å². The summed E-state index contributed by atoms with van der Waals surface area (Å²) in [5.74, 6) is -0.819. The number of piperidine rings is 1. The van der Waals surface area contributed by atoms with Crippen molar-refractivity contribution in [2.24, 2.45) is 0 Å². The molecule has 1 amide bonds. The molecule has 1 aliphatic carbocycles. The third kappa shape index (κ3) is 4.78. The molecule has 9 heteroatoms. The van der Waals surface area contributed by atoms with E-state index in [9.17, 15) is 23.9 Å². The summed E-state index contributed by atoms with van der Waals surface area (Å²) in [7, 11) is 1.61. The van der Waals surface area contributed by atoms with E-state index in [0.717, 1.165) is 35.4 Å². The first kappa shape index (κ1) is 27.1. The van der Waals surface area contributed by atoms with Crippen LogP contribution in [0.1, 0.15) is 74.8 Å². The number of Topliss-reactive ketones (excluding diaryl/α,β-unsaturated/α-hetero) is 1. The lowest BCUT2D eigenvalue weighted by atomic mass is 9.81. The summed E-state index contributed by atoms with van der Waals surface area (Å²) in [6.07, 6.45) is 5.18. The molecule has 1 N–H and O–H groups in total. The summed E-state index contributed by atoms with van der Waals surface area (Å²) in [4.78, 5) is 44.8. The van der Waals surface area contributed by atoms with Gasteiger partial charge in [0.05, 0.1) is 30.4 Å². The minimum Gasteiger partial charge on any atom is -0.496 e. The van der Waals surface area contributed by atoms with Crippen molar-refractivity contribution in [1.29, 1.82) is 0 Å². The van der Waals surface area contributed by atoms with E-state index in [4.69, 9.17) is 9.47 Å². The van der Waals surface area contributed by atoms with Crippen LogP contribution in [0.2, 0.25) is 0 Å². The minimum absolute atomic E-state index is 0.0807. The SMILES string of the molecule is COc1cc(C(=O)N2CCC3(CC2)CC(=O)c2cc(-c4ccc(F)c(C(=O)O)c4)ccc2O3)cc2c(C3CC3)nccc12. The quantitative estimate of drug-likeness (QED) is 0.297. The van der Waals surface area contributed by atoms with Crippen molar-refractivity contribution in [1.82, 2.24) is 9.88 Å².